The molecule has 0 aliphatic carbocycles. The molecule has 0 fully saturated rings. The number of hydrazine groups is 1. The second-order valence-electron chi connectivity index (χ2n) is 4.63. The molecule has 1 aromatic carbocycles. The maximum atomic E-state index is 13.4. The maximum Gasteiger partial charge on any atom is 0.212 e. The van der Waals surface area contributed by atoms with Gasteiger partial charge >= 0.3 is 0 Å². The number of aromatic nitrogens is 1. The number of hydrogen-bond donors (Lipinski definition) is 2. The Labute approximate surface area is 117 Å². The molecule has 3 N–H and O–H groups in total. The number of methoxy groups -OCH3 is 1. The van der Waals surface area contributed by atoms with Crippen molar-refractivity contribution >= 4 is 0 Å². The SMILES string of the molecule is COc1ccc(CC(NN)c2cc(F)ccc2C)cn1. The van der Waals surface area contributed by atoms with Crippen LogP contribution in [0.4, 0.5) is 4.39 Å². The first-order valence-corrected chi connectivity index (χ1v) is 6.35. The Kier molecular flexibility index (Phi) is 4.65. The van der Waals surface area contributed by atoms with E-state index in [0.29, 0.717) is 12.3 Å². The number of benzene rings is 1. The topological polar surface area (TPSA) is 60.2 Å². The molecule has 1 unspecified atom stereocenters. The van der Waals surface area contributed by atoms with Crippen LogP contribution in [0.3, 0.4) is 0 Å². The van der Waals surface area contributed by atoms with Gasteiger partial charge in [0.25, 0.3) is 0 Å². The summed E-state index contributed by atoms with van der Waals surface area (Å²) in [7, 11) is 1.57. The fourth-order valence-corrected chi connectivity index (χ4v) is 2.13. The number of aryl methyl sites for hydroxylation is 1. The van der Waals surface area contributed by atoms with Crippen LogP contribution in [0.15, 0.2) is 36.5 Å². The highest BCUT2D eigenvalue weighted by Gasteiger charge is 2.14. The Bertz CT molecular complexity index is 572. The highest BCUT2D eigenvalue weighted by atomic mass is 19.1. The Morgan fingerprint density at radius 2 is 2.15 bits per heavy atom. The number of nitrogens with zero attached hydrogens (tertiary/aromatic N) is 1. The van der Waals surface area contributed by atoms with Gasteiger partial charge in [-0.25, -0.2) is 9.37 Å². The number of ether oxygens (including phenoxy) is 1. The lowest BCUT2D eigenvalue weighted by Gasteiger charge is -2.18. The van der Waals surface area contributed by atoms with E-state index in [1.165, 1.54) is 12.1 Å². The molecule has 0 saturated heterocycles. The van der Waals surface area contributed by atoms with Crippen molar-refractivity contribution in [3.8, 4) is 5.88 Å². The minimum absolute atomic E-state index is 0.166. The second-order valence-corrected chi connectivity index (χ2v) is 4.63. The molecule has 5 heteroatoms. The average molecular weight is 275 g/mol. The van der Waals surface area contributed by atoms with Crippen molar-refractivity contribution in [1.82, 2.24) is 10.4 Å². The molecule has 1 heterocycles. The molecular weight excluding hydrogens is 257 g/mol. The van der Waals surface area contributed by atoms with Crippen molar-refractivity contribution < 1.29 is 9.13 Å². The molecule has 4 nitrogen and oxygen atoms in total. The third-order valence-electron chi connectivity index (χ3n) is 3.26. The van der Waals surface area contributed by atoms with Gasteiger partial charge < -0.3 is 4.74 Å². The maximum absolute atomic E-state index is 13.4. The summed E-state index contributed by atoms with van der Waals surface area (Å²) in [6, 6.07) is 8.26. The Morgan fingerprint density at radius 1 is 1.35 bits per heavy atom. The van der Waals surface area contributed by atoms with Gasteiger partial charge in [0.05, 0.1) is 13.2 Å². The summed E-state index contributed by atoms with van der Waals surface area (Å²) in [5.41, 5.74) is 5.58. The summed E-state index contributed by atoms with van der Waals surface area (Å²) in [5, 5.41) is 0. The predicted octanol–water partition coefficient (Wildman–Crippen LogP) is 2.28. The van der Waals surface area contributed by atoms with E-state index in [-0.39, 0.29) is 11.9 Å². The van der Waals surface area contributed by atoms with Crippen LogP contribution in [-0.2, 0) is 6.42 Å². The lowest BCUT2D eigenvalue weighted by molar-refractivity contribution is 0.397. The summed E-state index contributed by atoms with van der Waals surface area (Å²) in [6.07, 6.45) is 2.36. The van der Waals surface area contributed by atoms with Gasteiger partial charge in [0.1, 0.15) is 5.82 Å². The van der Waals surface area contributed by atoms with Crippen molar-refractivity contribution in [2.24, 2.45) is 5.84 Å². The van der Waals surface area contributed by atoms with Gasteiger partial charge in [-0.15, -0.1) is 0 Å². The smallest absolute Gasteiger partial charge is 0.212 e. The molecule has 106 valence electrons. The molecule has 2 rings (SSSR count). The third-order valence-corrected chi connectivity index (χ3v) is 3.26. The van der Waals surface area contributed by atoms with Crippen molar-refractivity contribution in [2.45, 2.75) is 19.4 Å². The van der Waals surface area contributed by atoms with Crippen LogP contribution in [-0.4, -0.2) is 12.1 Å². The van der Waals surface area contributed by atoms with E-state index in [1.54, 1.807) is 25.4 Å². The summed E-state index contributed by atoms with van der Waals surface area (Å²) in [4.78, 5) is 4.15. The number of halogens is 1. The molecule has 0 spiro atoms. The van der Waals surface area contributed by atoms with Crippen LogP contribution >= 0.6 is 0 Å². The summed E-state index contributed by atoms with van der Waals surface area (Å²) in [5.74, 6) is 5.91. The van der Waals surface area contributed by atoms with Crippen LogP contribution < -0.4 is 16.0 Å². The van der Waals surface area contributed by atoms with E-state index in [9.17, 15) is 4.39 Å². The van der Waals surface area contributed by atoms with Crippen LogP contribution in [0.25, 0.3) is 0 Å². The molecule has 0 bridgehead atoms. The monoisotopic (exact) mass is 275 g/mol. The van der Waals surface area contributed by atoms with Crippen molar-refractivity contribution in [2.75, 3.05) is 7.11 Å². The zero-order chi connectivity index (χ0) is 14.5. The largest absolute Gasteiger partial charge is 0.481 e. The van der Waals surface area contributed by atoms with Gasteiger partial charge in [-0.1, -0.05) is 12.1 Å². The van der Waals surface area contributed by atoms with E-state index in [4.69, 9.17) is 10.6 Å². The molecule has 0 saturated carbocycles. The Balaban J connectivity index is 2.21. The van der Waals surface area contributed by atoms with Gasteiger partial charge in [-0.3, -0.25) is 11.3 Å². The lowest BCUT2D eigenvalue weighted by Crippen LogP contribution is -2.30. The van der Waals surface area contributed by atoms with Crippen molar-refractivity contribution in [3.63, 3.8) is 0 Å². The fourth-order valence-electron chi connectivity index (χ4n) is 2.13. The number of nitrogens with two attached hydrogens (primary N) is 1. The Hall–Kier alpha value is -1.98. The average Bonchev–Trinajstić information content (AvgIpc) is 2.48. The van der Waals surface area contributed by atoms with Gasteiger partial charge in [0.2, 0.25) is 5.88 Å². The van der Waals surface area contributed by atoms with Gasteiger partial charge in [0, 0.05) is 12.3 Å². The zero-order valence-corrected chi connectivity index (χ0v) is 11.6. The van der Waals surface area contributed by atoms with Crippen LogP contribution in [0.2, 0.25) is 0 Å². The van der Waals surface area contributed by atoms with Gasteiger partial charge in [-0.2, -0.15) is 0 Å². The first kappa shape index (κ1) is 14.4. The van der Waals surface area contributed by atoms with E-state index in [1.807, 2.05) is 13.0 Å². The first-order valence-electron chi connectivity index (χ1n) is 6.35. The quantitative estimate of drug-likeness (QED) is 0.649. The van der Waals surface area contributed by atoms with Crippen molar-refractivity contribution in [3.05, 3.63) is 59.0 Å². The number of nitrogens with one attached hydrogen (secondary N) is 1. The molecule has 0 aliphatic heterocycles. The highest BCUT2D eigenvalue weighted by Crippen LogP contribution is 2.22. The summed E-state index contributed by atoms with van der Waals surface area (Å²) >= 11 is 0. The van der Waals surface area contributed by atoms with Crippen LogP contribution in [0.1, 0.15) is 22.7 Å². The molecule has 1 atom stereocenters. The third kappa shape index (κ3) is 3.31. The van der Waals surface area contributed by atoms with Crippen LogP contribution in [0, 0.1) is 12.7 Å². The molecule has 2 aromatic rings. The highest BCUT2D eigenvalue weighted by molar-refractivity contribution is 5.31. The summed E-state index contributed by atoms with van der Waals surface area (Å²) < 4.78 is 18.4. The Morgan fingerprint density at radius 3 is 2.75 bits per heavy atom. The van der Waals surface area contributed by atoms with Crippen molar-refractivity contribution in [1.29, 1.82) is 0 Å². The fraction of sp³-hybridized carbons (Fsp3) is 0.267. The van der Waals surface area contributed by atoms with E-state index in [0.717, 1.165) is 16.7 Å². The van der Waals surface area contributed by atoms with E-state index < -0.39 is 0 Å². The zero-order valence-electron chi connectivity index (χ0n) is 11.6. The predicted molar refractivity (Wildman–Crippen MR) is 75.7 cm³/mol. The molecule has 0 aliphatic rings. The first-order chi connectivity index (χ1) is 9.63. The van der Waals surface area contributed by atoms with Gasteiger partial charge in [-0.05, 0) is 42.2 Å². The molecule has 20 heavy (non-hydrogen) atoms. The van der Waals surface area contributed by atoms with E-state index >= 15 is 0 Å². The number of pyridine rings is 1. The minimum Gasteiger partial charge on any atom is -0.481 e. The summed E-state index contributed by atoms with van der Waals surface area (Å²) in [6.45, 7) is 1.94. The number of hydrogen-bond acceptors (Lipinski definition) is 4. The molecule has 0 amide bonds. The lowest BCUT2D eigenvalue weighted by atomic mass is 9.96. The molecule has 0 radical (unpaired) electrons. The standard InChI is InChI=1S/C15H18FN3O/c1-10-3-5-12(16)8-13(10)14(19-17)7-11-4-6-15(20-2)18-9-11/h3-6,8-9,14,19H,7,17H2,1-2H3. The van der Waals surface area contributed by atoms with Gasteiger partial charge in [0.15, 0.2) is 0 Å². The molecule has 1 aromatic heterocycles. The number of rotatable bonds is 5. The minimum atomic E-state index is -0.265. The normalized spacial score (nSPS) is 12.2. The molecular formula is C15H18FN3O. The van der Waals surface area contributed by atoms with E-state index in [2.05, 4.69) is 10.4 Å². The second kappa shape index (κ2) is 6.45. The van der Waals surface area contributed by atoms with Crippen LogP contribution in [0.5, 0.6) is 5.88 Å².